The zero-order valence-corrected chi connectivity index (χ0v) is 8.23. The van der Waals surface area contributed by atoms with E-state index in [2.05, 4.69) is 11.1 Å². The molecule has 0 atom stereocenters. The molecule has 1 aromatic carbocycles. The fraction of sp³-hybridized carbons (Fsp3) is 0.333. The lowest BCUT2D eigenvalue weighted by Gasteiger charge is -2.37. The van der Waals surface area contributed by atoms with E-state index >= 15 is 0 Å². The second kappa shape index (κ2) is 3.68. The topological polar surface area (TPSA) is 53.2 Å². The number of nitriles is 1. The largest absolute Gasteiger partial charge is 0.235 e. The number of nitrogens with zero attached hydrogens (tertiary/aromatic N) is 2. The molecule has 3 nitrogen and oxygen atoms in total. The third kappa shape index (κ3) is 1.56. The van der Waals surface area contributed by atoms with Gasteiger partial charge in [-0.3, -0.25) is 0 Å². The second-order valence-corrected chi connectivity index (χ2v) is 3.78. The number of hydrogen-bond acceptors (Lipinski definition) is 3. The average Bonchev–Trinajstić information content (AvgIpc) is 2.23. The van der Waals surface area contributed by atoms with Crippen molar-refractivity contribution in [1.29, 1.82) is 5.26 Å². The van der Waals surface area contributed by atoms with E-state index in [1.165, 1.54) is 0 Å². The van der Waals surface area contributed by atoms with Gasteiger partial charge in [-0.05, 0) is 37.0 Å². The van der Waals surface area contributed by atoms with E-state index in [0.717, 1.165) is 24.8 Å². The van der Waals surface area contributed by atoms with E-state index < -0.39 is 5.54 Å². The lowest BCUT2D eigenvalue weighted by atomic mass is 9.72. The van der Waals surface area contributed by atoms with E-state index in [4.69, 9.17) is 5.26 Å². The van der Waals surface area contributed by atoms with Crippen molar-refractivity contribution >= 4 is 6.08 Å². The Morgan fingerprint density at radius 3 is 2.73 bits per heavy atom. The van der Waals surface area contributed by atoms with E-state index in [1.807, 2.05) is 12.1 Å². The van der Waals surface area contributed by atoms with Crippen molar-refractivity contribution in [3.8, 4) is 6.07 Å². The molecular weight excluding hydrogens is 188 g/mol. The van der Waals surface area contributed by atoms with Gasteiger partial charge in [-0.1, -0.05) is 12.1 Å². The van der Waals surface area contributed by atoms with Crippen LogP contribution in [0.3, 0.4) is 0 Å². The molecule has 15 heavy (non-hydrogen) atoms. The minimum atomic E-state index is -0.394. The Morgan fingerprint density at radius 2 is 2.20 bits per heavy atom. The van der Waals surface area contributed by atoms with Crippen LogP contribution in [-0.2, 0) is 10.3 Å². The molecular formula is C12H10N2O. The van der Waals surface area contributed by atoms with Gasteiger partial charge in [0.15, 0.2) is 0 Å². The molecule has 1 aliphatic carbocycles. The number of rotatable bonds is 2. The van der Waals surface area contributed by atoms with Crippen LogP contribution in [0, 0.1) is 11.3 Å². The number of benzene rings is 1. The predicted molar refractivity (Wildman–Crippen MR) is 54.8 cm³/mol. The fourth-order valence-electron chi connectivity index (χ4n) is 1.94. The maximum atomic E-state index is 10.4. The van der Waals surface area contributed by atoms with Crippen molar-refractivity contribution < 1.29 is 4.79 Å². The van der Waals surface area contributed by atoms with Gasteiger partial charge in [0.25, 0.3) is 0 Å². The molecule has 1 aromatic rings. The highest BCUT2D eigenvalue weighted by Crippen LogP contribution is 2.44. The monoisotopic (exact) mass is 198 g/mol. The Labute approximate surface area is 88.1 Å². The Kier molecular flexibility index (Phi) is 2.37. The summed E-state index contributed by atoms with van der Waals surface area (Å²) >= 11 is 0. The van der Waals surface area contributed by atoms with Crippen molar-refractivity contribution in [1.82, 2.24) is 0 Å². The molecule has 1 fully saturated rings. The van der Waals surface area contributed by atoms with Gasteiger partial charge < -0.3 is 0 Å². The van der Waals surface area contributed by atoms with Gasteiger partial charge in [-0.25, -0.2) is 4.79 Å². The molecule has 0 unspecified atom stereocenters. The highest BCUT2D eigenvalue weighted by molar-refractivity contribution is 5.42. The zero-order chi connectivity index (χ0) is 10.7. The molecule has 0 saturated heterocycles. The molecule has 1 saturated carbocycles. The lowest BCUT2D eigenvalue weighted by molar-refractivity contribution is 0.256. The summed E-state index contributed by atoms with van der Waals surface area (Å²) < 4.78 is 0. The van der Waals surface area contributed by atoms with E-state index in [9.17, 15) is 4.79 Å². The normalized spacial score (nSPS) is 17.0. The fourth-order valence-corrected chi connectivity index (χ4v) is 1.94. The second-order valence-electron chi connectivity index (χ2n) is 3.78. The number of aliphatic imine (C=N–C) groups is 1. The van der Waals surface area contributed by atoms with Crippen LogP contribution < -0.4 is 0 Å². The van der Waals surface area contributed by atoms with Crippen LogP contribution in [0.15, 0.2) is 29.3 Å². The smallest absolute Gasteiger partial charge is 0.211 e. The predicted octanol–water partition coefficient (Wildman–Crippen LogP) is 2.27. The quantitative estimate of drug-likeness (QED) is 0.540. The van der Waals surface area contributed by atoms with E-state index in [-0.39, 0.29) is 0 Å². The zero-order valence-electron chi connectivity index (χ0n) is 8.23. The van der Waals surface area contributed by atoms with Crippen molar-refractivity contribution in [3.63, 3.8) is 0 Å². The molecule has 0 N–H and O–H groups in total. The lowest BCUT2D eigenvalue weighted by Crippen LogP contribution is -2.31. The highest BCUT2D eigenvalue weighted by atomic mass is 16.1. The molecule has 0 aliphatic heterocycles. The summed E-state index contributed by atoms with van der Waals surface area (Å²) in [7, 11) is 0. The standard InChI is InChI=1S/C12H10N2O/c13-8-10-3-1-4-11(7-10)12(14-9-15)5-2-6-12/h1,3-4,7H,2,5-6H2. The van der Waals surface area contributed by atoms with Gasteiger partial charge in [0.05, 0.1) is 17.2 Å². The molecule has 0 bridgehead atoms. The molecule has 74 valence electrons. The number of carbonyl (C=O) groups excluding carboxylic acids is 1. The number of hydrogen-bond donors (Lipinski definition) is 0. The Hall–Kier alpha value is -1.91. The summed E-state index contributed by atoms with van der Waals surface area (Å²) in [6.07, 6.45) is 4.45. The first kappa shape index (κ1) is 9.64. The van der Waals surface area contributed by atoms with Gasteiger partial charge >= 0.3 is 0 Å². The van der Waals surface area contributed by atoms with Crippen LogP contribution in [0.1, 0.15) is 30.4 Å². The summed E-state index contributed by atoms with van der Waals surface area (Å²) in [5.74, 6) is 0. The molecule has 0 radical (unpaired) electrons. The van der Waals surface area contributed by atoms with Gasteiger partial charge in [0, 0.05) is 0 Å². The Morgan fingerprint density at radius 1 is 1.40 bits per heavy atom. The first-order chi connectivity index (χ1) is 7.30. The maximum absolute atomic E-state index is 10.4. The summed E-state index contributed by atoms with van der Waals surface area (Å²) in [6.45, 7) is 0. The summed E-state index contributed by atoms with van der Waals surface area (Å²) in [5, 5.41) is 8.79. The van der Waals surface area contributed by atoms with Gasteiger partial charge in [-0.2, -0.15) is 10.3 Å². The van der Waals surface area contributed by atoms with Crippen LogP contribution in [0.5, 0.6) is 0 Å². The Balaban J connectivity index is 2.43. The van der Waals surface area contributed by atoms with Gasteiger partial charge in [0.2, 0.25) is 6.08 Å². The van der Waals surface area contributed by atoms with Gasteiger partial charge in [0.1, 0.15) is 0 Å². The molecule has 0 heterocycles. The van der Waals surface area contributed by atoms with Crippen molar-refractivity contribution in [3.05, 3.63) is 35.4 Å². The molecule has 3 heteroatoms. The van der Waals surface area contributed by atoms with Crippen LogP contribution in [0.2, 0.25) is 0 Å². The first-order valence-electron chi connectivity index (χ1n) is 4.90. The molecule has 0 spiro atoms. The summed E-state index contributed by atoms with van der Waals surface area (Å²) in [4.78, 5) is 14.3. The molecule has 2 rings (SSSR count). The van der Waals surface area contributed by atoms with E-state index in [1.54, 1.807) is 18.2 Å². The van der Waals surface area contributed by atoms with Crippen molar-refractivity contribution in [2.75, 3.05) is 0 Å². The van der Waals surface area contributed by atoms with E-state index in [0.29, 0.717) is 5.56 Å². The van der Waals surface area contributed by atoms with Crippen LogP contribution in [0.25, 0.3) is 0 Å². The maximum Gasteiger partial charge on any atom is 0.235 e. The third-order valence-electron chi connectivity index (χ3n) is 2.97. The minimum Gasteiger partial charge on any atom is -0.211 e. The number of isocyanates is 1. The molecule has 0 amide bonds. The van der Waals surface area contributed by atoms with Crippen LogP contribution in [-0.4, -0.2) is 6.08 Å². The molecule has 1 aliphatic rings. The van der Waals surface area contributed by atoms with Crippen molar-refractivity contribution in [2.24, 2.45) is 4.99 Å². The average molecular weight is 198 g/mol. The molecule has 0 aromatic heterocycles. The summed E-state index contributed by atoms with van der Waals surface area (Å²) in [5.41, 5.74) is 1.17. The minimum absolute atomic E-state index is 0.394. The SMILES string of the molecule is N#Cc1cccc(C2(N=C=O)CCC2)c1. The summed E-state index contributed by atoms with van der Waals surface area (Å²) in [6, 6.07) is 9.39. The third-order valence-corrected chi connectivity index (χ3v) is 2.97. The van der Waals surface area contributed by atoms with Crippen LogP contribution in [0.4, 0.5) is 0 Å². The van der Waals surface area contributed by atoms with Gasteiger partial charge in [-0.15, -0.1) is 0 Å². The van der Waals surface area contributed by atoms with Crippen molar-refractivity contribution in [2.45, 2.75) is 24.8 Å². The first-order valence-corrected chi connectivity index (χ1v) is 4.90. The van der Waals surface area contributed by atoms with Crippen LogP contribution >= 0.6 is 0 Å². The highest BCUT2D eigenvalue weighted by Gasteiger charge is 2.38. The Bertz CT molecular complexity index is 463.